The lowest BCUT2D eigenvalue weighted by atomic mass is 10.2. The first-order valence-corrected chi connectivity index (χ1v) is 5.91. The van der Waals surface area contributed by atoms with Gasteiger partial charge in [0.2, 0.25) is 0 Å². The fraction of sp³-hybridized carbons (Fsp3) is 0.0833. The SMILES string of the molecule is Cc1ccn2cc(-c3cccs3)nc2c1N. The van der Waals surface area contributed by atoms with Gasteiger partial charge in [-0.1, -0.05) is 6.07 Å². The number of aryl methyl sites for hydroxylation is 1. The standard InChI is InChI=1S/C12H11N3S/c1-8-4-5-15-7-9(10-3-2-6-16-10)14-12(15)11(8)13/h2-7H,13H2,1H3. The Bertz CT molecular complexity index is 638. The molecule has 0 aliphatic heterocycles. The second kappa shape index (κ2) is 3.35. The monoisotopic (exact) mass is 229 g/mol. The van der Waals surface area contributed by atoms with E-state index in [9.17, 15) is 0 Å². The molecule has 0 saturated carbocycles. The molecule has 80 valence electrons. The highest BCUT2D eigenvalue weighted by Gasteiger charge is 2.08. The number of hydrogen-bond donors (Lipinski definition) is 1. The van der Waals surface area contributed by atoms with E-state index in [-0.39, 0.29) is 0 Å². The van der Waals surface area contributed by atoms with Crippen LogP contribution in [-0.2, 0) is 0 Å². The number of nitrogens with two attached hydrogens (primary N) is 1. The van der Waals surface area contributed by atoms with E-state index < -0.39 is 0 Å². The summed E-state index contributed by atoms with van der Waals surface area (Å²) >= 11 is 1.68. The van der Waals surface area contributed by atoms with Crippen molar-refractivity contribution < 1.29 is 0 Å². The Kier molecular flexibility index (Phi) is 1.97. The average molecular weight is 229 g/mol. The average Bonchev–Trinajstić information content (AvgIpc) is 2.91. The quantitative estimate of drug-likeness (QED) is 0.697. The van der Waals surface area contributed by atoms with E-state index in [4.69, 9.17) is 5.73 Å². The summed E-state index contributed by atoms with van der Waals surface area (Å²) in [5, 5.41) is 2.05. The van der Waals surface area contributed by atoms with Crippen molar-refractivity contribution in [3.05, 3.63) is 41.5 Å². The highest BCUT2D eigenvalue weighted by molar-refractivity contribution is 7.13. The number of imidazole rings is 1. The zero-order chi connectivity index (χ0) is 11.1. The zero-order valence-electron chi connectivity index (χ0n) is 8.84. The Morgan fingerprint density at radius 1 is 1.38 bits per heavy atom. The van der Waals surface area contributed by atoms with Crippen molar-refractivity contribution in [2.45, 2.75) is 6.92 Å². The molecule has 0 atom stereocenters. The maximum Gasteiger partial charge on any atom is 0.160 e. The predicted molar refractivity (Wildman–Crippen MR) is 67.7 cm³/mol. The van der Waals surface area contributed by atoms with E-state index in [1.165, 1.54) is 4.88 Å². The van der Waals surface area contributed by atoms with Gasteiger partial charge in [0.15, 0.2) is 5.65 Å². The third kappa shape index (κ3) is 1.31. The van der Waals surface area contributed by atoms with Crippen molar-refractivity contribution in [2.24, 2.45) is 0 Å². The Morgan fingerprint density at radius 2 is 2.25 bits per heavy atom. The summed E-state index contributed by atoms with van der Waals surface area (Å²) in [6.45, 7) is 1.99. The van der Waals surface area contributed by atoms with E-state index in [1.807, 2.05) is 41.2 Å². The molecule has 3 heterocycles. The van der Waals surface area contributed by atoms with Crippen LogP contribution in [0.5, 0.6) is 0 Å². The molecule has 0 saturated heterocycles. The second-order valence-corrected chi connectivity index (χ2v) is 4.69. The summed E-state index contributed by atoms with van der Waals surface area (Å²) in [6, 6.07) is 6.09. The second-order valence-electron chi connectivity index (χ2n) is 3.75. The molecule has 0 amide bonds. The van der Waals surface area contributed by atoms with Gasteiger partial charge in [0.25, 0.3) is 0 Å². The van der Waals surface area contributed by atoms with Gasteiger partial charge < -0.3 is 10.1 Å². The van der Waals surface area contributed by atoms with Gasteiger partial charge in [-0.05, 0) is 30.0 Å². The number of rotatable bonds is 1. The fourth-order valence-corrected chi connectivity index (χ4v) is 2.39. The number of nitrogens with zero attached hydrogens (tertiary/aromatic N) is 2. The van der Waals surface area contributed by atoms with Crippen LogP contribution in [0.1, 0.15) is 5.56 Å². The van der Waals surface area contributed by atoms with E-state index in [1.54, 1.807) is 11.3 Å². The summed E-state index contributed by atoms with van der Waals surface area (Å²) in [4.78, 5) is 5.73. The van der Waals surface area contributed by atoms with Crippen LogP contribution in [0.25, 0.3) is 16.2 Å². The third-order valence-electron chi connectivity index (χ3n) is 2.66. The van der Waals surface area contributed by atoms with E-state index >= 15 is 0 Å². The summed E-state index contributed by atoms with van der Waals surface area (Å²) in [6.07, 6.45) is 4.00. The number of anilines is 1. The van der Waals surface area contributed by atoms with Crippen LogP contribution in [0.4, 0.5) is 5.69 Å². The fourth-order valence-electron chi connectivity index (χ4n) is 1.71. The zero-order valence-corrected chi connectivity index (χ0v) is 9.66. The van der Waals surface area contributed by atoms with Gasteiger partial charge in [-0.3, -0.25) is 0 Å². The van der Waals surface area contributed by atoms with Crippen molar-refractivity contribution in [1.29, 1.82) is 0 Å². The molecule has 0 radical (unpaired) electrons. The van der Waals surface area contributed by atoms with Gasteiger partial charge in [-0.25, -0.2) is 4.98 Å². The molecule has 0 unspecified atom stereocenters. The number of aromatic nitrogens is 2. The molecule has 4 heteroatoms. The molecular weight excluding hydrogens is 218 g/mol. The van der Waals surface area contributed by atoms with Gasteiger partial charge in [0.05, 0.1) is 16.3 Å². The Morgan fingerprint density at radius 3 is 3.00 bits per heavy atom. The third-order valence-corrected chi connectivity index (χ3v) is 3.55. The van der Waals surface area contributed by atoms with E-state index in [0.29, 0.717) is 0 Å². The summed E-state index contributed by atoms with van der Waals surface area (Å²) in [7, 11) is 0. The van der Waals surface area contributed by atoms with E-state index in [2.05, 4.69) is 11.1 Å². The van der Waals surface area contributed by atoms with Gasteiger partial charge in [-0.15, -0.1) is 11.3 Å². The molecule has 3 aromatic rings. The minimum atomic E-state index is 0.755. The maximum atomic E-state index is 6.01. The number of fused-ring (bicyclic) bond motifs is 1. The number of nitrogen functional groups attached to an aromatic ring is 1. The molecule has 0 aromatic carbocycles. The van der Waals surface area contributed by atoms with Crippen LogP contribution >= 0.6 is 11.3 Å². The maximum absolute atomic E-state index is 6.01. The predicted octanol–water partition coefficient (Wildman–Crippen LogP) is 2.95. The molecule has 0 bridgehead atoms. The van der Waals surface area contributed by atoms with Crippen LogP contribution in [0.15, 0.2) is 36.0 Å². The molecule has 3 nitrogen and oxygen atoms in total. The topological polar surface area (TPSA) is 43.3 Å². The molecule has 0 aliphatic carbocycles. The lowest BCUT2D eigenvalue weighted by Crippen LogP contribution is -1.94. The normalized spacial score (nSPS) is 11.1. The van der Waals surface area contributed by atoms with Crippen molar-refractivity contribution in [2.75, 3.05) is 5.73 Å². The molecule has 0 aliphatic rings. The van der Waals surface area contributed by atoms with Gasteiger partial charge in [0.1, 0.15) is 0 Å². The number of hydrogen-bond acceptors (Lipinski definition) is 3. The molecule has 3 aromatic heterocycles. The summed E-state index contributed by atoms with van der Waals surface area (Å²) < 4.78 is 1.97. The number of pyridine rings is 1. The Balaban J connectivity index is 2.28. The minimum Gasteiger partial charge on any atom is -0.395 e. The highest BCUT2D eigenvalue weighted by atomic mass is 32.1. The van der Waals surface area contributed by atoms with Gasteiger partial charge >= 0.3 is 0 Å². The van der Waals surface area contributed by atoms with Crippen LogP contribution in [0.3, 0.4) is 0 Å². The minimum absolute atomic E-state index is 0.755. The van der Waals surface area contributed by atoms with Crippen molar-refractivity contribution in [3.8, 4) is 10.6 Å². The molecule has 0 spiro atoms. The van der Waals surface area contributed by atoms with Crippen molar-refractivity contribution in [3.63, 3.8) is 0 Å². The Labute approximate surface area is 97.2 Å². The molecule has 3 rings (SSSR count). The van der Waals surface area contributed by atoms with Gasteiger partial charge in [-0.2, -0.15) is 0 Å². The number of thiophene rings is 1. The van der Waals surface area contributed by atoms with Crippen molar-refractivity contribution >= 4 is 22.7 Å². The first kappa shape index (κ1) is 9.42. The lowest BCUT2D eigenvalue weighted by molar-refractivity contribution is 1.17. The first-order valence-electron chi connectivity index (χ1n) is 5.03. The van der Waals surface area contributed by atoms with Crippen LogP contribution in [0, 0.1) is 6.92 Å². The van der Waals surface area contributed by atoms with Crippen LogP contribution in [0.2, 0.25) is 0 Å². The Hall–Kier alpha value is -1.81. The van der Waals surface area contributed by atoms with Gasteiger partial charge in [0, 0.05) is 12.4 Å². The van der Waals surface area contributed by atoms with Crippen LogP contribution in [-0.4, -0.2) is 9.38 Å². The molecule has 16 heavy (non-hydrogen) atoms. The van der Waals surface area contributed by atoms with Crippen LogP contribution < -0.4 is 5.73 Å². The molecular formula is C12H11N3S. The van der Waals surface area contributed by atoms with E-state index in [0.717, 1.165) is 22.6 Å². The highest BCUT2D eigenvalue weighted by Crippen LogP contribution is 2.26. The summed E-state index contributed by atoms with van der Waals surface area (Å²) in [5.74, 6) is 0. The summed E-state index contributed by atoms with van der Waals surface area (Å²) in [5.41, 5.74) is 9.64. The van der Waals surface area contributed by atoms with Crippen molar-refractivity contribution in [1.82, 2.24) is 9.38 Å². The lowest BCUT2D eigenvalue weighted by Gasteiger charge is -2.00. The smallest absolute Gasteiger partial charge is 0.160 e. The first-order chi connectivity index (χ1) is 7.75. The molecule has 0 fully saturated rings. The molecule has 2 N–H and O–H groups in total. The largest absolute Gasteiger partial charge is 0.395 e.